The lowest BCUT2D eigenvalue weighted by Crippen LogP contribution is -2.26. The van der Waals surface area contributed by atoms with Gasteiger partial charge in [0.05, 0.1) is 16.5 Å². The van der Waals surface area contributed by atoms with Crippen molar-refractivity contribution in [3.05, 3.63) is 65.6 Å². The van der Waals surface area contributed by atoms with E-state index >= 15 is 0 Å². The predicted octanol–water partition coefficient (Wildman–Crippen LogP) is 2.70. The van der Waals surface area contributed by atoms with E-state index in [2.05, 4.69) is 9.71 Å². The number of hydrogen-bond donors (Lipinski definition) is 2. The SMILES string of the molecule is N#Cc1cccc(S(=O)(=O)NCCc2c[nH]c3ccc(F)cc23)c1. The lowest BCUT2D eigenvalue weighted by molar-refractivity contribution is 0.581. The number of nitrogens with one attached hydrogen (secondary N) is 2. The van der Waals surface area contributed by atoms with Crippen LogP contribution in [0.2, 0.25) is 0 Å². The van der Waals surface area contributed by atoms with Crippen LogP contribution < -0.4 is 4.72 Å². The summed E-state index contributed by atoms with van der Waals surface area (Å²) >= 11 is 0. The van der Waals surface area contributed by atoms with Crippen LogP contribution in [0.1, 0.15) is 11.1 Å². The van der Waals surface area contributed by atoms with Crippen LogP contribution in [0.15, 0.2) is 53.6 Å². The molecule has 0 atom stereocenters. The molecule has 7 heteroatoms. The Morgan fingerprint density at radius 2 is 2.04 bits per heavy atom. The number of aromatic nitrogens is 1. The molecule has 0 aliphatic heterocycles. The number of H-pyrrole nitrogens is 1. The molecule has 0 radical (unpaired) electrons. The largest absolute Gasteiger partial charge is 0.361 e. The third kappa shape index (κ3) is 3.30. The first-order valence-corrected chi connectivity index (χ1v) is 8.73. The summed E-state index contributed by atoms with van der Waals surface area (Å²) in [5.41, 5.74) is 1.92. The van der Waals surface area contributed by atoms with Crippen LogP contribution in [-0.4, -0.2) is 19.9 Å². The van der Waals surface area contributed by atoms with E-state index in [9.17, 15) is 12.8 Å². The van der Waals surface area contributed by atoms with Gasteiger partial charge >= 0.3 is 0 Å². The van der Waals surface area contributed by atoms with Gasteiger partial charge in [0.25, 0.3) is 0 Å². The zero-order valence-corrected chi connectivity index (χ0v) is 13.4. The van der Waals surface area contributed by atoms with Crippen molar-refractivity contribution >= 4 is 20.9 Å². The normalized spacial score (nSPS) is 11.5. The number of benzene rings is 2. The van der Waals surface area contributed by atoms with Crippen LogP contribution in [0, 0.1) is 17.1 Å². The number of rotatable bonds is 5. The van der Waals surface area contributed by atoms with Gasteiger partial charge in [0.2, 0.25) is 10.0 Å². The summed E-state index contributed by atoms with van der Waals surface area (Å²) < 4.78 is 40.4. The van der Waals surface area contributed by atoms with Gasteiger partial charge in [-0.25, -0.2) is 17.5 Å². The van der Waals surface area contributed by atoms with Gasteiger partial charge in [-0.05, 0) is 48.4 Å². The Labute approximate surface area is 138 Å². The van der Waals surface area contributed by atoms with Crippen LogP contribution in [0.25, 0.3) is 10.9 Å². The van der Waals surface area contributed by atoms with Gasteiger partial charge in [-0.3, -0.25) is 0 Å². The Balaban J connectivity index is 1.73. The Hall–Kier alpha value is -2.69. The first-order chi connectivity index (χ1) is 11.5. The van der Waals surface area contributed by atoms with E-state index < -0.39 is 10.0 Å². The standard InChI is InChI=1S/C17H14FN3O2S/c18-14-4-5-17-16(9-14)13(11-20-17)6-7-21-24(22,23)15-3-1-2-12(8-15)10-19/h1-5,8-9,11,20-21H,6-7H2. The second-order valence-corrected chi connectivity index (χ2v) is 7.06. The summed E-state index contributed by atoms with van der Waals surface area (Å²) in [6.07, 6.45) is 2.16. The highest BCUT2D eigenvalue weighted by atomic mass is 32.2. The lowest BCUT2D eigenvalue weighted by atomic mass is 10.1. The number of hydrogen-bond acceptors (Lipinski definition) is 3. The first-order valence-electron chi connectivity index (χ1n) is 7.25. The van der Waals surface area contributed by atoms with E-state index in [0.717, 1.165) is 16.5 Å². The lowest BCUT2D eigenvalue weighted by Gasteiger charge is -2.06. The third-order valence-electron chi connectivity index (χ3n) is 3.69. The summed E-state index contributed by atoms with van der Waals surface area (Å²) in [6.45, 7) is 0.169. The molecule has 1 heterocycles. The van der Waals surface area contributed by atoms with Gasteiger partial charge in [-0.15, -0.1) is 0 Å². The van der Waals surface area contributed by atoms with Crippen molar-refractivity contribution < 1.29 is 12.8 Å². The molecule has 0 aliphatic rings. The summed E-state index contributed by atoms with van der Waals surface area (Å²) in [5, 5.41) is 9.59. The molecule has 0 aliphatic carbocycles. The van der Waals surface area contributed by atoms with Crippen LogP contribution in [0.5, 0.6) is 0 Å². The number of fused-ring (bicyclic) bond motifs is 1. The zero-order valence-electron chi connectivity index (χ0n) is 12.6. The number of sulfonamides is 1. The summed E-state index contributed by atoms with van der Waals surface area (Å²) in [7, 11) is -3.69. The number of nitriles is 1. The second-order valence-electron chi connectivity index (χ2n) is 5.29. The maximum atomic E-state index is 13.3. The minimum absolute atomic E-state index is 0.0477. The monoisotopic (exact) mass is 343 g/mol. The molecule has 0 bridgehead atoms. The molecule has 2 aromatic carbocycles. The van der Waals surface area contributed by atoms with Gasteiger partial charge in [0.1, 0.15) is 5.82 Å². The van der Waals surface area contributed by atoms with Crippen LogP contribution in [0.3, 0.4) is 0 Å². The first kappa shape index (κ1) is 16.2. The summed E-state index contributed by atoms with van der Waals surface area (Å²) in [5.74, 6) is -0.336. The van der Waals surface area contributed by atoms with Crippen molar-refractivity contribution in [3.8, 4) is 6.07 Å². The van der Waals surface area contributed by atoms with Gasteiger partial charge < -0.3 is 4.98 Å². The molecule has 3 rings (SSSR count). The van der Waals surface area contributed by atoms with Crippen LogP contribution >= 0.6 is 0 Å². The maximum Gasteiger partial charge on any atom is 0.240 e. The minimum atomic E-state index is -3.69. The van der Waals surface area contributed by atoms with E-state index in [1.165, 1.54) is 30.3 Å². The number of halogens is 1. The second kappa shape index (κ2) is 6.43. The fraction of sp³-hybridized carbons (Fsp3) is 0.118. The molecule has 0 spiro atoms. The van der Waals surface area contributed by atoms with E-state index in [1.54, 1.807) is 18.3 Å². The molecule has 0 fully saturated rings. The van der Waals surface area contributed by atoms with Crippen molar-refractivity contribution in [2.24, 2.45) is 0 Å². The molecule has 5 nitrogen and oxygen atoms in total. The highest BCUT2D eigenvalue weighted by molar-refractivity contribution is 7.89. The highest BCUT2D eigenvalue weighted by Gasteiger charge is 2.14. The molecular formula is C17H14FN3O2S. The average molecular weight is 343 g/mol. The topological polar surface area (TPSA) is 85.8 Å². The van der Waals surface area contributed by atoms with Crippen molar-refractivity contribution in [1.82, 2.24) is 9.71 Å². The molecule has 0 saturated heterocycles. The van der Waals surface area contributed by atoms with Gasteiger partial charge in [-0.1, -0.05) is 6.07 Å². The van der Waals surface area contributed by atoms with E-state index in [-0.39, 0.29) is 22.8 Å². The Morgan fingerprint density at radius 3 is 2.83 bits per heavy atom. The van der Waals surface area contributed by atoms with E-state index in [0.29, 0.717) is 6.42 Å². The average Bonchev–Trinajstić information content (AvgIpc) is 2.97. The predicted molar refractivity (Wildman–Crippen MR) is 88.3 cm³/mol. The fourth-order valence-electron chi connectivity index (χ4n) is 2.49. The smallest absolute Gasteiger partial charge is 0.240 e. The van der Waals surface area contributed by atoms with Crippen LogP contribution in [-0.2, 0) is 16.4 Å². The van der Waals surface area contributed by atoms with Crippen molar-refractivity contribution in [1.29, 1.82) is 5.26 Å². The van der Waals surface area contributed by atoms with E-state index in [1.807, 2.05) is 6.07 Å². The Kier molecular flexibility index (Phi) is 4.34. The van der Waals surface area contributed by atoms with Crippen molar-refractivity contribution in [2.75, 3.05) is 6.54 Å². The van der Waals surface area contributed by atoms with Gasteiger partial charge in [0, 0.05) is 23.6 Å². The number of nitrogens with zero attached hydrogens (tertiary/aromatic N) is 1. The fourth-order valence-corrected chi connectivity index (χ4v) is 3.57. The highest BCUT2D eigenvalue weighted by Crippen LogP contribution is 2.20. The summed E-state index contributed by atoms with van der Waals surface area (Å²) in [4.78, 5) is 3.08. The molecule has 122 valence electrons. The van der Waals surface area contributed by atoms with Crippen LogP contribution in [0.4, 0.5) is 4.39 Å². The minimum Gasteiger partial charge on any atom is -0.361 e. The van der Waals surface area contributed by atoms with Gasteiger partial charge in [-0.2, -0.15) is 5.26 Å². The Bertz CT molecular complexity index is 1040. The molecule has 0 saturated carbocycles. The zero-order chi connectivity index (χ0) is 17.2. The quantitative estimate of drug-likeness (QED) is 0.747. The molecule has 2 N–H and O–H groups in total. The molecule has 3 aromatic rings. The maximum absolute atomic E-state index is 13.3. The Morgan fingerprint density at radius 1 is 1.21 bits per heavy atom. The van der Waals surface area contributed by atoms with Gasteiger partial charge in [0.15, 0.2) is 0 Å². The van der Waals surface area contributed by atoms with E-state index in [4.69, 9.17) is 5.26 Å². The van der Waals surface area contributed by atoms with Crippen molar-refractivity contribution in [3.63, 3.8) is 0 Å². The molecule has 24 heavy (non-hydrogen) atoms. The molecule has 0 amide bonds. The third-order valence-corrected chi connectivity index (χ3v) is 5.15. The molecule has 0 unspecified atom stereocenters. The molecular weight excluding hydrogens is 329 g/mol. The molecule has 1 aromatic heterocycles. The summed E-state index contributed by atoms with van der Waals surface area (Å²) in [6, 6.07) is 12.2. The van der Waals surface area contributed by atoms with Crippen molar-refractivity contribution in [2.45, 2.75) is 11.3 Å². The number of aromatic amines is 1.